The number of carbonyl (C=O) groups excluding carboxylic acids is 1. The second kappa shape index (κ2) is 7.53. The molecule has 1 aromatic carbocycles. The Bertz CT molecular complexity index is 816. The van der Waals surface area contributed by atoms with E-state index in [9.17, 15) is 9.59 Å². The molecule has 0 aliphatic carbocycles. The van der Waals surface area contributed by atoms with E-state index >= 15 is 0 Å². The van der Waals surface area contributed by atoms with Crippen LogP contribution in [-0.2, 0) is 9.47 Å². The van der Waals surface area contributed by atoms with Crippen LogP contribution in [0, 0.1) is 0 Å². The van der Waals surface area contributed by atoms with Crippen LogP contribution < -0.4 is 5.43 Å². The van der Waals surface area contributed by atoms with Crippen molar-refractivity contribution in [3.63, 3.8) is 0 Å². The molecule has 0 spiro atoms. The molecule has 3 rings (SSSR count). The predicted octanol–water partition coefficient (Wildman–Crippen LogP) is 2.32. The summed E-state index contributed by atoms with van der Waals surface area (Å²) in [6.45, 7) is 3.89. The fourth-order valence-electron chi connectivity index (χ4n) is 2.59. The molecule has 1 aromatic heterocycles. The number of halogens is 2. The first-order chi connectivity index (χ1) is 11.5. The van der Waals surface area contributed by atoms with Crippen LogP contribution in [0.5, 0.6) is 0 Å². The summed E-state index contributed by atoms with van der Waals surface area (Å²) in [4.78, 5) is 29.3. The Morgan fingerprint density at radius 3 is 2.75 bits per heavy atom. The zero-order chi connectivity index (χ0) is 17.1. The summed E-state index contributed by atoms with van der Waals surface area (Å²) in [6, 6.07) is 4.23. The summed E-state index contributed by atoms with van der Waals surface area (Å²) in [6.07, 6.45) is 0. The molecule has 0 radical (unpaired) electrons. The number of carbonyl (C=O) groups is 1. The van der Waals surface area contributed by atoms with Crippen molar-refractivity contribution in [1.29, 1.82) is 0 Å². The summed E-state index contributed by atoms with van der Waals surface area (Å²) in [5.74, 6) is -0.585. The maximum atomic E-state index is 12.2. The number of nitrogens with one attached hydrogen (secondary N) is 1. The first-order valence-electron chi connectivity index (χ1n) is 7.54. The number of fused-ring (bicyclic) bond motifs is 1. The summed E-state index contributed by atoms with van der Waals surface area (Å²) < 4.78 is 10.5. The van der Waals surface area contributed by atoms with E-state index < -0.39 is 5.97 Å². The highest BCUT2D eigenvalue weighted by Crippen LogP contribution is 2.24. The molecule has 0 amide bonds. The molecular weight excluding hydrogens is 355 g/mol. The molecule has 1 N–H and O–H groups in total. The van der Waals surface area contributed by atoms with Crippen molar-refractivity contribution in [3.8, 4) is 0 Å². The molecule has 0 atom stereocenters. The van der Waals surface area contributed by atoms with Gasteiger partial charge in [0.25, 0.3) is 0 Å². The zero-order valence-electron chi connectivity index (χ0n) is 12.8. The first kappa shape index (κ1) is 17.2. The van der Waals surface area contributed by atoms with Crippen LogP contribution in [0.1, 0.15) is 10.5 Å². The number of rotatable bonds is 4. The van der Waals surface area contributed by atoms with Gasteiger partial charge in [-0.25, -0.2) is 4.79 Å². The van der Waals surface area contributed by atoms with Gasteiger partial charge in [-0.05, 0) is 12.1 Å². The third-order valence-corrected chi connectivity index (χ3v) is 4.33. The summed E-state index contributed by atoms with van der Waals surface area (Å²) in [5.41, 5.74) is 0.124. The second-order valence-electron chi connectivity index (χ2n) is 5.45. The van der Waals surface area contributed by atoms with Gasteiger partial charge < -0.3 is 14.5 Å². The van der Waals surface area contributed by atoms with Gasteiger partial charge in [0.2, 0.25) is 0 Å². The highest BCUT2D eigenvalue weighted by Gasteiger charge is 2.15. The van der Waals surface area contributed by atoms with Crippen LogP contribution in [0.2, 0.25) is 10.0 Å². The summed E-state index contributed by atoms with van der Waals surface area (Å²) in [5, 5.41) is 0.915. The van der Waals surface area contributed by atoms with Crippen LogP contribution >= 0.6 is 23.2 Å². The first-order valence-corrected chi connectivity index (χ1v) is 8.29. The van der Waals surface area contributed by atoms with Gasteiger partial charge in [0.15, 0.2) is 5.43 Å². The summed E-state index contributed by atoms with van der Waals surface area (Å²) >= 11 is 12.0. The van der Waals surface area contributed by atoms with Crippen molar-refractivity contribution in [1.82, 2.24) is 9.88 Å². The van der Waals surface area contributed by atoms with E-state index in [1.807, 2.05) is 0 Å². The highest BCUT2D eigenvalue weighted by molar-refractivity contribution is 6.38. The Kier molecular flexibility index (Phi) is 5.40. The second-order valence-corrected chi connectivity index (χ2v) is 6.29. The molecule has 0 saturated carbocycles. The molecule has 1 aliphatic rings. The van der Waals surface area contributed by atoms with E-state index in [-0.39, 0.29) is 22.8 Å². The molecular formula is C16H16Cl2N2O4. The maximum Gasteiger partial charge on any atom is 0.354 e. The fraction of sp³-hybridized carbons (Fsp3) is 0.375. The van der Waals surface area contributed by atoms with Gasteiger partial charge in [-0.3, -0.25) is 9.69 Å². The average molecular weight is 371 g/mol. The Labute approximate surface area is 148 Å². The molecule has 128 valence electrons. The Hall–Kier alpha value is -1.60. The van der Waals surface area contributed by atoms with E-state index in [0.29, 0.717) is 35.7 Å². The monoisotopic (exact) mass is 370 g/mol. The minimum Gasteiger partial charge on any atom is -0.460 e. The normalized spacial score (nSPS) is 15.6. The topological polar surface area (TPSA) is 71.6 Å². The third-order valence-electron chi connectivity index (χ3n) is 3.81. The van der Waals surface area contributed by atoms with Crippen molar-refractivity contribution in [2.24, 2.45) is 0 Å². The molecule has 2 aromatic rings. The van der Waals surface area contributed by atoms with E-state index in [1.165, 1.54) is 12.1 Å². The SMILES string of the molecule is O=C(OCCN1CCOCC1)c1cc(=O)c2c(Cl)cc(Cl)cc2[nH]1. The molecule has 6 nitrogen and oxygen atoms in total. The molecule has 0 bridgehead atoms. The van der Waals surface area contributed by atoms with Crippen LogP contribution in [0.4, 0.5) is 0 Å². The zero-order valence-corrected chi connectivity index (χ0v) is 14.3. The minimum absolute atomic E-state index is 0.0767. The van der Waals surface area contributed by atoms with Gasteiger partial charge in [-0.2, -0.15) is 0 Å². The number of morpholine rings is 1. The van der Waals surface area contributed by atoms with Crippen molar-refractivity contribution in [2.75, 3.05) is 39.5 Å². The minimum atomic E-state index is -0.585. The van der Waals surface area contributed by atoms with Crippen LogP contribution in [0.25, 0.3) is 10.9 Å². The lowest BCUT2D eigenvalue weighted by molar-refractivity contribution is 0.0193. The largest absolute Gasteiger partial charge is 0.460 e. The van der Waals surface area contributed by atoms with Crippen LogP contribution in [0.3, 0.4) is 0 Å². The highest BCUT2D eigenvalue weighted by atomic mass is 35.5. The lowest BCUT2D eigenvalue weighted by Gasteiger charge is -2.26. The Balaban J connectivity index is 1.71. The lowest BCUT2D eigenvalue weighted by Crippen LogP contribution is -2.38. The van der Waals surface area contributed by atoms with Crippen LogP contribution in [-0.4, -0.2) is 55.3 Å². The number of aromatic amines is 1. The number of pyridine rings is 1. The Morgan fingerprint density at radius 1 is 1.25 bits per heavy atom. The number of esters is 1. The number of H-pyrrole nitrogens is 1. The smallest absolute Gasteiger partial charge is 0.354 e. The van der Waals surface area contributed by atoms with E-state index in [0.717, 1.165) is 13.1 Å². The molecule has 1 fully saturated rings. The van der Waals surface area contributed by atoms with Crippen molar-refractivity contribution >= 4 is 40.1 Å². The molecule has 24 heavy (non-hydrogen) atoms. The van der Waals surface area contributed by atoms with Crippen molar-refractivity contribution in [2.45, 2.75) is 0 Å². The van der Waals surface area contributed by atoms with Gasteiger partial charge in [-0.1, -0.05) is 23.2 Å². The molecule has 0 unspecified atom stereocenters. The van der Waals surface area contributed by atoms with E-state index in [2.05, 4.69) is 9.88 Å². The number of nitrogens with zero attached hydrogens (tertiary/aromatic N) is 1. The predicted molar refractivity (Wildman–Crippen MR) is 92.1 cm³/mol. The molecule has 8 heteroatoms. The van der Waals surface area contributed by atoms with Gasteiger partial charge in [-0.15, -0.1) is 0 Å². The van der Waals surface area contributed by atoms with Gasteiger partial charge >= 0.3 is 5.97 Å². The number of aromatic nitrogens is 1. The lowest BCUT2D eigenvalue weighted by atomic mass is 10.2. The number of hydrogen-bond acceptors (Lipinski definition) is 5. The van der Waals surface area contributed by atoms with E-state index in [4.69, 9.17) is 32.7 Å². The van der Waals surface area contributed by atoms with Crippen molar-refractivity contribution in [3.05, 3.63) is 44.2 Å². The fourth-order valence-corrected chi connectivity index (χ4v) is 3.17. The molecule has 2 heterocycles. The molecule has 1 saturated heterocycles. The van der Waals surface area contributed by atoms with Crippen molar-refractivity contribution < 1.29 is 14.3 Å². The van der Waals surface area contributed by atoms with Gasteiger partial charge in [0.1, 0.15) is 12.3 Å². The van der Waals surface area contributed by atoms with Gasteiger partial charge in [0.05, 0.1) is 29.1 Å². The molecule has 1 aliphatic heterocycles. The summed E-state index contributed by atoms with van der Waals surface area (Å²) in [7, 11) is 0. The van der Waals surface area contributed by atoms with E-state index in [1.54, 1.807) is 6.07 Å². The maximum absolute atomic E-state index is 12.2. The number of hydrogen-bond donors (Lipinski definition) is 1. The average Bonchev–Trinajstić information content (AvgIpc) is 2.54. The van der Waals surface area contributed by atoms with Gasteiger partial charge in [0, 0.05) is 30.7 Å². The number of ether oxygens (including phenoxy) is 2. The quantitative estimate of drug-likeness (QED) is 0.836. The number of benzene rings is 1. The third kappa shape index (κ3) is 3.89. The standard InChI is InChI=1S/C16H16Cl2N2O4/c17-10-7-11(18)15-12(8-10)19-13(9-14(15)21)16(22)24-6-3-20-1-4-23-5-2-20/h7-9H,1-6H2,(H,19,21). The Morgan fingerprint density at radius 2 is 2.00 bits per heavy atom. The van der Waals surface area contributed by atoms with Crippen LogP contribution in [0.15, 0.2) is 23.0 Å².